The van der Waals surface area contributed by atoms with Crippen molar-refractivity contribution in [1.29, 1.82) is 0 Å². The van der Waals surface area contributed by atoms with Gasteiger partial charge < -0.3 is 9.15 Å². The van der Waals surface area contributed by atoms with Gasteiger partial charge in [0, 0.05) is 5.39 Å². The zero-order valence-corrected chi connectivity index (χ0v) is 11.2. The van der Waals surface area contributed by atoms with Gasteiger partial charge in [-0.05, 0) is 29.7 Å². The zero-order chi connectivity index (χ0) is 13.1. The molecule has 0 bridgehead atoms. The first-order valence-electron chi connectivity index (χ1n) is 5.89. The fourth-order valence-electron chi connectivity index (χ4n) is 1.68. The number of furan rings is 1. The quantitative estimate of drug-likeness (QED) is 0.773. The van der Waals surface area contributed by atoms with E-state index in [-0.39, 0.29) is 6.42 Å². The highest BCUT2D eigenvalue weighted by molar-refractivity contribution is 6.63. The minimum absolute atomic E-state index is 0.0971. The Morgan fingerprint density at radius 3 is 2.89 bits per heavy atom. The van der Waals surface area contributed by atoms with E-state index in [4.69, 9.17) is 20.8 Å². The van der Waals surface area contributed by atoms with Gasteiger partial charge in [0.2, 0.25) is 5.24 Å². The fraction of sp³-hybridized carbons (Fsp3) is 0.357. The summed E-state index contributed by atoms with van der Waals surface area (Å²) < 4.78 is 11.3. The van der Waals surface area contributed by atoms with Gasteiger partial charge in [-0.25, -0.2) is 0 Å². The first-order chi connectivity index (χ1) is 8.56. The van der Waals surface area contributed by atoms with E-state index in [1.807, 2.05) is 24.3 Å². The van der Waals surface area contributed by atoms with E-state index in [2.05, 4.69) is 13.8 Å². The summed E-state index contributed by atoms with van der Waals surface area (Å²) in [6.45, 7) is 4.79. The van der Waals surface area contributed by atoms with Gasteiger partial charge in [-0.2, -0.15) is 0 Å². The van der Waals surface area contributed by atoms with Crippen molar-refractivity contribution in [3.8, 4) is 5.75 Å². The SMILES string of the molecule is CC(C)COc1cccc2cc(CC(=O)Cl)oc12. The van der Waals surface area contributed by atoms with Crippen molar-refractivity contribution in [3.63, 3.8) is 0 Å². The smallest absolute Gasteiger partial charge is 0.229 e. The van der Waals surface area contributed by atoms with Crippen LogP contribution in [0.4, 0.5) is 0 Å². The third kappa shape index (κ3) is 3.05. The minimum Gasteiger partial charge on any atom is -0.489 e. The van der Waals surface area contributed by atoms with Crippen molar-refractivity contribution >= 4 is 27.8 Å². The fourth-order valence-corrected chi connectivity index (χ4v) is 1.82. The van der Waals surface area contributed by atoms with Crippen molar-refractivity contribution in [2.45, 2.75) is 20.3 Å². The normalized spacial score (nSPS) is 11.1. The number of ether oxygens (including phenoxy) is 1. The van der Waals surface area contributed by atoms with Crippen LogP contribution in [-0.2, 0) is 11.2 Å². The molecule has 1 aromatic carbocycles. The highest BCUT2D eigenvalue weighted by atomic mass is 35.5. The van der Waals surface area contributed by atoms with Crippen LogP contribution in [-0.4, -0.2) is 11.8 Å². The lowest BCUT2D eigenvalue weighted by Gasteiger charge is -2.08. The Balaban J connectivity index is 2.30. The van der Waals surface area contributed by atoms with E-state index in [0.717, 1.165) is 5.39 Å². The maximum absolute atomic E-state index is 10.9. The number of carbonyl (C=O) groups excluding carboxylic acids is 1. The highest BCUT2D eigenvalue weighted by Crippen LogP contribution is 2.29. The molecule has 0 aliphatic heterocycles. The van der Waals surface area contributed by atoms with Crippen LogP contribution in [0.3, 0.4) is 0 Å². The molecule has 0 saturated carbocycles. The first kappa shape index (κ1) is 13.0. The molecule has 1 aromatic heterocycles. The van der Waals surface area contributed by atoms with Gasteiger partial charge in [-0.15, -0.1) is 0 Å². The first-order valence-corrected chi connectivity index (χ1v) is 6.26. The lowest BCUT2D eigenvalue weighted by molar-refractivity contribution is -0.111. The number of hydrogen-bond donors (Lipinski definition) is 0. The number of para-hydroxylation sites is 1. The minimum atomic E-state index is -0.432. The lowest BCUT2D eigenvalue weighted by Crippen LogP contribution is -2.04. The molecule has 2 aromatic rings. The summed E-state index contributed by atoms with van der Waals surface area (Å²) >= 11 is 5.35. The molecule has 0 saturated heterocycles. The Morgan fingerprint density at radius 2 is 2.22 bits per heavy atom. The molecule has 0 fully saturated rings. The Kier molecular flexibility index (Phi) is 3.92. The third-order valence-corrected chi connectivity index (χ3v) is 2.58. The Hall–Kier alpha value is -1.48. The maximum atomic E-state index is 10.9. The van der Waals surface area contributed by atoms with E-state index < -0.39 is 5.24 Å². The number of fused-ring (bicyclic) bond motifs is 1. The summed E-state index contributed by atoms with van der Waals surface area (Å²) in [7, 11) is 0. The zero-order valence-electron chi connectivity index (χ0n) is 10.4. The maximum Gasteiger partial charge on any atom is 0.229 e. The van der Waals surface area contributed by atoms with Crippen LogP contribution in [0.1, 0.15) is 19.6 Å². The summed E-state index contributed by atoms with van der Waals surface area (Å²) in [4.78, 5) is 10.9. The summed E-state index contributed by atoms with van der Waals surface area (Å²) in [5.41, 5.74) is 0.672. The average Bonchev–Trinajstić information content (AvgIpc) is 2.67. The monoisotopic (exact) mass is 266 g/mol. The molecule has 0 amide bonds. The van der Waals surface area contributed by atoms with E-state index in [9.17, 15) is 4.79 Å². The molecule has 3 nitrogen and oxygen atoms in total. The van der Waals surface area contributed by atoms with Crippen LogP contribution >= 0.6 is 11.6 Å². The topological polar surface area (TPSA) is 39.4 Å². The molecule has 96 valence electrons. The molecule has 0 aliphatic rings. The average molecular weight is 267 g/mol. The summed E-state index contributed by atoms with van der Waals surface area (Å²) in [6, 6.07) is 7.50. The van der Waals surface area contributed by atoms with Crippen LogP contribution < -0.4 is 4.74 Å². The van der Waals surface area contributed by atoms with Gasteiger partial charge in [-0.1, -0.05) is 26.0 Å². The molecular weight excluding hydrogens is 252 g/mol. The van der Waals surface area contributed by atoms with Gasteiger partial charge in [0.05, 0.1) is 13.0 Å². The second-order valence-corrected chi connectivity index (χ2v) is 5.05. The summed E-state index contributed by atoms with van der Waals surface area (Å²) in [6.07, 6.45) is 0.0971. The Labute approximate surface area is 111 Å². The predicted molar refractivity (Wildman–Crippen MR) is 71.1 cm³/mol. The van der Waals surface area contributed by atoms with Crippen LogP contribution in [0.5, 0.6) is 5.75 Å². The standard InChI is InChI=1S/C14H15ClO3/c1-9(2)8-17-12-5-3-4-10-6-11(7-13(15)16)18-14(10)12/h3-6,9H,7-8H2,1-2H3. The number of rotatable bonds is 5. The van der Waals surface area contributed by atoms with E-state index in [1.54, 1.807) is 0 Å². The number of benzene rings is 1. The van der Waals surface area contributed by atoms with Crippen LogP contribution in [0.15, 0.2) is 28.7 Å². The van der Waals surface area contributed by atoms with Crippen molar-refractivity contribution < 1.29 is 13.9 Å². The van der Waals surface area contributed by atoms with Gasteiger partial charge in [-0.3, -0.25) is 4.79 Å². The van der Waals surface area contributed by atoms with Crippen LogP contribution in [0.25, 0.3) is 11.0 Å². The third-order valence-electron chi connectivity index (χ3n) is 2.44. The van der Waals surface area contributed by atoms with Crippen molar-refractivity contribution in [3.05, 3.63) is 30.0 Å². The van der Waals surface area contributed by atoms with Gasteiger partial charge in [0.1, 0.15) is 5.76 Å². The highest BCUT2D eigenvalue weighted by Gasteiger charge is 2.11. The lowest BCUT2D eigenvalue weighted by atomic mass is 10.2. The number of hydrogen-bond acceptors (Lipinski definition) is 3. The van der Waals surface area contributed by atoms with E-state index in [0.29, 0.717) is 29.6 Å². The second-order valence-electron chi connectivity index (χ2n) is 4.62. The van der Waals surface area contributed by atoms with Crippen molar-refractivity contribution in [1.82, 2.24) is 0 Å². The van der Waals surface area contributed by atoms with Crippen LogP contribution in [0.2, 0.25) is 0 Å². The van der Waals surface area contributed by atoms with Crippen molar-refractivity contribution in [2.75, 3.05) is 6.61 Å². The number of halogens is 1. The van der Waals surface area contributed by atoms with Gasteiger partial charge in [0.15, 0.2) is 11.3 Å². The molecule has 1 heterocycles. The van der Waals surface area contributed by atoms with Crippen molar-refractivity contribution in [2.24, 2.45) is 5.92 Å². The molecule has 18 heavy (non-hydrogen) atoms. The van der Waals surface area contributed by atoms with Gasteiger partial charge in [0.25, 0.3) is 0 Å². The van der Waals surface area contributed by atoms with Crippen LogP contribution in [0, 0.1) is 5.92 Å². The molecule has 4 heteroatoms. The number of carbonyl (C=O) groups is 1. The molecule has 0 radical (unpaired) electrons. The molecule has 0 aliphatic carbocycles. The molecule has 0 atom stereocenters. The molecule has 0 N–H and O–H groups in total. The van der Waals surface area contributed by atoms with E-state index in [1.165, 1.54) is 0 Å². The predicted octanol–water partition coefficient (Wildman–Crippen LogP) is 3.78. The Bertz CT molecular complexity index is 557. The largest absolute Gasteiger partial charge is 0.489 e. The Morgan fingerprint density at radius 1 is 1.44 bits per heavy atom. The summed E-state index contributed by atoms with van der Waals surface area (Å²) in [5, 5.41) is 0.489. The molecular formula is C14H15ClO3. The molecule has 0 spiro atoms. The second kappa shape index (κ2) is 5.44. The van der Waals surface area contributed by atoms with E-state index >= 15 is 0 Å². The molecule has 2 rings (SSSR count). The molecule has 0 unspecified atom stereocenters. The summed E-state index contributed by atoms with van der Waals surface area (Å²) in [5.74, 6) is 1.71. The van der Waals surface area contributed by atoms with Gasteiger partial charge >= 0.3 is 0 Å².